The van der Waals surface area contributed by atoms with Crippen LogP contribution in [-0.4, -0.2) is 48.0 Å². The molecular weight excluding hydrogens is 358 g/mol. The molecule has 0 aromatic heterocycles. The van der Waals surface area contributed by atoms with Crippen LogP contribution in [0, 0.1) is 0 Å². The molecule has 1 heterocycles. The SMILES string of the molecule is CCc1ccccc1NC(=O)CSC(=Nc1ccccc1)N1CCOCC1. The lowest BCUT2D eigenvalue weighted by Crippen LogP contribution is -2.39. The smallest absolute Gasteiger partial charge is 0.234 e. The minimum Gasteiger partial charge on any atom is -0.378 e. The Balaban J connectivity index is 1.67. The summed E-state index contributed by atoms with van der Waals surface area (Å²) in [5.41, 5.74) is 2.92. The third-order valence-corrected chi connectivity index (χ3v) is 5.28. The maximum absolute atomic E-state index is 12.5. The molecular formula is C21H25N3O2S. The number of aliphatic imine (C=N–C) groups is 1. The zero-order valence-corrected chi connectivity index (χ0v) is 16.4. The van der Waals surface area contributed by atoms with Crippen LogP contribution in [0.3, 0.4) is 0 Å². The lowest BCUT2D eigenvalue weighted by atomic mass is 10.1. The number of thioether (sulfide) groups is 1. The maximum atomic E-state index is 12.5. The first kappa shape index (κ1) is 19.5. The number of ether oxygens (including phenoxy) is 1. The highest BCUT2D eigenvalue weighted by Gasteiger charge is 2.17. The van der Waals surface area contributed by atoms with E-state index in [0.717, 1.165) is 41.6 Å². The predicted octanol–water partition coefficient (Wildman–Crippen LogP) is 3.94. The van der Waals surface area contributed by atoms with Gasteiger partial charge in [0, 0.05) is 18.8 Å². The topological polar surface area (TPSA) is 53.9 Å². The van der Waals surface area contributed by atoms with Crippen molar-refractivity contribution < 1.29 is 9.53 Å². The van der Waals surface area contributed by atoms with E-state index < -0.39 is 0 Å². The summed E-state index contributed by atoms with van der Waals surface area (Å²) in [5.74, 6) is 0.302. The van der Waals surface area contributed by atoms with E-state index in [1.165, 1.54) is 11.8 Å². The lowest BCUT2D eigenvalue weighted by Gasteiger charge is -2.29. The summed E-state index contributed by atoms with van der Waals surface area (Å²) in [4.78, 5) is 19.4. The van der Waals surface area contributed by atoms with Gasteiger partial charge < -0.3 is 15.0 Å². The second kappa shape index (κ2) is 10.1. The number of rotatable bonds is 5. The Bertz CT molecular complexity index is 774. The fraction of sp³-hybridized carbons (Fsp3) is 0.333. The summed E-state index contributed by atoms with van der Waals surface area (Å²) in [6.45, 7) is 5.04. The van der Waals surface area contributed by atoms with Crippen molar-refractivity contribution in [1.29, 1.82) is 0 Å². The van der Waals surface area contributed by atoms with Gasteiger partial charge in [0.15, 0.2) is 5.17 Å². The van der Waals surface area contributed by atoms with E-state index in [1.807, 2.05) is 54.6 Å². The van der Waals surface area contributed by atoms with Gasteiger partial charge in [0.05, 0.1) is 24.7 Å². The van der Waals surface area contributed by atoms with E-state index in [9.17, 15) is 4.79 Å². The van der Waals surface area contributed by atoms with Crippen molar-refractivity contribution in [1.82, 2.24) is 4.90 Å². The molecule has 0 aliphatic carbocycles. The number of benzene rings is 2. The molecule has 0 bridgehead atoms. The summed E-state index contributed by atoms with van der Waals surface area (Å²) in [6, 6.07) is 17.8. The van der Waals surface area contributed by atoms with Gasteiger partial charge in [-0.15, -0.1) is 0 Å². The molecule has 142 valence electrons. The molecule has 0 spiro atoms. The molecule has 0 saturated carbocycles. The summed E-state index contributed by atoms with van der Waals surface area (Å²) in [6.07, 6.45) is 0.887. The summed E-state index contributed by atoms with van der Waals surface area (Å²) in [7, 11) is 0. The monoisotopic (exact) mass is 383 g/mol. The van der Waals surface area contributed by atoms with Gasteiger partial charge in [0.2, 0.25) is 5.91 Å². The number of morpholine rings is 1. The zero-order chi connectivity index (χ0) is 18.9. The van der Waals surface area contributed by atoms with Crippen LogP contribution in [-0.2, 0) is 16.0 Å². The van der Waals surface area contributed by atoms with Gasteiger partial charge >= 0.3 is 0 Å². The average Bonchev–Trinajstić information content (AvgIpc) is 2.73. The van der Waals surface area contributed by atoms with Crippen LogP contribution in [0.5, 0.6) is 0 Å². The van der Waals surface area contributed by atoms with Crippen LogP contribution in [0.4, 0.5) is 11.4 Å². The molecule has 1 saturated heterocycles. The van der Waals surface area contributed by atoms with E-state index in [2.05, 4.69) is 17.1 Å². The number of hydrogen-bond donors (Lipinski definition) is 1. The molecule has 1 amide bonds. The fourth-order valence-corrected chi connectivity index (χ4v) is 3.70. The summed E-state index contributed by atoms with van der Waals surface area (Å²) >= 11 is 1.47. The Kier molecular flexibility index (Phi) is 7.30. The third-order valence-electron chi connectivity index (χ3n) is 4.27. The molecule has 0 unspecified atom stereocenters. The number of hydrogen-bond acceptors (Lipinski definition) is 4. The van der Waals surface area contributed by atoms with Gasteiger partial charge in [0.1, 0.15) is 0 Å². The van der Waals surface area contributed by atoms with Crippen LogP contribution >= 0.6 is 11.8 Å². The third kappa shape index (κ3) is 5.84. The van der Waals surface area contributed by atoms with Gasteiger partial charge in [-0.3, -0.25) is 4.79 Å². The Hall–Kier alpha value is -2.31. The highest BCUT2D eigenvalue weighted by Crippen LogP contribution is 2.20. The molecule has 2 aromatic carbocycles. The highest BCUT2D eigenvalue weighted by atomic mass is 32.2. The van der Waals surface area contributed by atoms with E-state index in [0.29, 0.717) is 19.0 Å². The number of para-hydroxylation sites is 2. The van der Waals surface area contributed by atoms with E-state index in [-0.39, 0.29) is 5.91 Å². The number of aryl methyl sites for hydroxylation is 1. The first-order valence-corrected chi connectivity index (χ1v) is 10.2. The molecule has 2 aromatic rings. The largest absolute Gasteiger partial charge is 0.378 e. The number of amidine groups is 1. The van der Waals surface area contributed by atoms with E-state index in [1.54, 1.807) is 0 Å². The normalized spacial score (nSPS) is 14.9. The van der Waals surface area contributed by atoms with Crippen molar-refractivity contribution in [2.24, 2.45) is 4.99 Å². The quantitative estimate of drug-likeness (QED) is 0.628. The van der Waals surface area contributed by atoms with Gasteiger partial charge in [0.25, 0.3) is 0 Å². The number of nitrogens with one attached hydrogen (secondary N) is 1. The lowest BCUT2D eigenvalue weighted by molar-refractivity contribution is -0.113. The van der Waals surface area contributed by atoms with Gasteiger partial charge in [-0.2, -0.15) is 0 Å². The Morgan fingerprint density at radius 1 is 1.11 bits per heavy atom. The summed E-state index contributed by atoms with van der Waals surface area (Å²) < 4.78 is 5.44. The molecule has 1 aliphatic heterocycles. The molecule has 1 N–H and O–H groups in total. The highest BCUT2D eigenvalue weighted by molar-refractivity contribution is 8.14. The van der Waals surface area contributed by atoms with Crippen molar-refractivity contribution >= 4 is 34.2 Å². The van der Waals surface area contributed by atoms with Crippen LogP contribution in [0.2, 0.25) is 0 Å². The van der Waals surface area contributed by atoms with Crippen molar-refractivity contribution in [2.45, 2.75) is 13.3 Å². The van der Waals surface area contributed by atoms with E-state index in [4.69, 9.17) is 9.73 Å². The van der Waals surface area contributed by atoms with Crippen LogP contribution in [0.25, 0.3) is 0 Å². The average molecular weight is 384 g/mol. The molecule has 0 atom stereocenters. The van der Waals surface area contributed by atoms with Gasteiger partial charge in [-0.05, 0) is 30.2 Å². The van der Waals surface area contributed by atoms with E-state index >= 15 is 0 Å². The Labute approximate surface area is 164 Å². The molecule has 3 rings (SSSR count). The van der Waals surface area contributed by atoms with Crippen molar-refractivity contribution in [3.63, 3.8) is 0 Å². The Morgan fingerprint density at radius 3 is 2.56 bits per heavy atom. The van der Waals surface area contributed by atoms with Gasteiger partial charge in [-0.25, -0.2) is 4.99 Å². The molecule has 6 heteroatoms. The second-order valence-corrected chi connectivity index (χ2v) is 7.12. The first-order chi connectivity index (χ1) is 13.3. The Morgan fingerprint density at radius 2 is 1.81 bits per heavy atom. The zero-order valence-electron chi connectivity index (χ0n) is 15.6. The van der Waals surface area contributed by atoms with Crippen molar-refractivity contribution in [2.75, 3.05) is 37.4 Å². The first-order valence-electron chi connectivity index (χ1n) is 9.23. The molecule has 5 nitrogen and oxygen atoms in total. The molecule has 0 radical (unpaired) electrons. The fourth-order valence-electron chi connectivity index (χ4n) is 2.83. The molecule has 1 fully saturated rings. The second-order valence-electron chi connectivity index (χ2n) is 6.18. The minimum atomic E-state index is -0.0186. The minimum absolute atomic E-state index is 0.0186. The number of nitrogens with zero attached hydrogens (tertiary/aromatic N) is 2. The van der Waals surface area contributed by atoms with Crippen LogP contribution in [0.15, 0.2) is 59.6 Å². The number of carbonyl (C=O) groups excluding carboxylic acids is 1. The van der Waals surface area contributed by atoms with Crippen molar-refractivity contribution in [3.05, 3.63) is 60.2 Å². The molecule has 1 aliphatic rings. The number of amides is 1. The van der Waals surface area contributed by atoms with Crippen LogP contribution in [0.1, 0.15) is 12.5 Å². The summed E-state index contributed by atoms with van der Waals surface area (Å²) in [5, 5.41) is 3.89. The molecule has 27 heavy (non-hydrogen) atoms. The predicted molar refractivity (Wildman–Crippen MR) is 113 cm³/mol. The number of carbonyl (C=O) groups is 1. The van der Waals surface area contributed by atoms with Crippen LogP contribution < -0.4 is 5.32 Å². The standard InChI is InChI=1S/C21H25N3O2S/c1-2-17-8-6-7-11-19(17)23-20(25)16-27-21(24-12-14-26-15-13-24)22-18-9-4-3-5-10-18/h3-11H,2,12-16H2,1H3,(H,23,25). The number of anilines is 1. The van der Waals surface area contributed by atoms with Gasteiger partial charge in [-0.1, -0.05) is 55.1 Å². The van der Waals surface area contributed by atoms with Crippen molar-refractivity contribution in [3.8, 4) is 0 Å². The maximum Gasteiger partial charge on any atom is 0.234 e.